The topological polar surface area (TPSA) is 86.7 Å². The Morgan fingerprint density at radius 2 is 1.22 bits per heavy atom. The van der Waals surface area contributed by atoms with E-state index in [0.717, 1.165) is 11.1 Å². The molecule has 8 heteroatoms. The van der Waals surface area contributed by atoms with E-state index < -0.39 is 30.5 Å². The van der Waals surface area contributed by atoms with Crippen molar-refractivity contribution in [2.75, 3.05) is 6.61 Å². The number of ether oxygens (including phenoxy) is 1. The normalized spacial score (nSPS) is 16.3. The second-order valence-electron chi connectivity index (χ2n) is 8.56. The quantitative estimate of drug-likeness (QED) is 0.410. The Kier molecular flexibility index (Phi) is 8.31. The zero-order valence-electron chi connectivity index (χ0n) is 19.7. The van der Waals surface area contributed by atoms with Gasteiger partial charge in [-0.15, -0.1) is 0 Å². The summed E-state index contributed by atoms with van der Waals surface area (Å²) in [5, 5.41) is 0. The molecule has 0 radical (unpaired) electrons. The average molecular weight is 483 g/mol. The molecule has 0 aliphatic rings. The maximum Gasteiger partial charge on any atom is 0.297 e. The molecule has 0 amide bonds. The van der Waals surface area contributed by atoms with E-state index in [9.17, 15) is 16.8 Å². The summed E-state index contributed by atoms with van der Waals surface area (Å²) in [5.74, 6) is 0. The fourth-order valence-electron chi connectivity index (χ4n) is 3.11. The lowest BCUT2D eigenvalue weighted by Gasteiger charge is -2.32. The Morgan fingerprint density at radius 3 is 1.66 bits per heavy atom. The predicted molar refractivity (Wildman–Crippen MR) is 126 cm³/mol. The lowest BCUT2D eigenvalue weighted by molar-refractivity contribution is -0.0115. The molecule has 2 aromatic carbocycles. The van der Waals surface area contributed by atoms with Crippen LogP contribution < -0.4 is 0 Å². The first kappa shape index (κ1) is 26.5. The summed E-state index contributed by atoms with van der Waals surface area (Å²) in [6, 6.07) is 13.1. The Labute approximate surface area is 193 Å². The highest BCUT2D eigenvalue weighted by atomic mass is 32.2. The van der Waals surface area contributed by atoms with Crippen LogP contribution >= 0.6 is 0 Å². The van der Waals surface area contributed by atoms with Crippen LogP contribution in [0.25, 0.3) is 0 Å². The van der Waals surface area contributed by atoms with Crippen molar-refractivity contribution in [2.45, 2.75) is 81.1 Å². The molecule has 178 valence electrons. The van der Waals surface area contributed by atoms with Crippen molar-refractivity contribution in [3.05, 3.63) is 59.7 Å². The van der Waals surface area contributed by atoms with Crippen LogP contribution in [0.2, 0.25) is 0 Å². The highest BCUT2D eigenvalue weighted by Gasteiger charge is 2.41. The van der Waals surface area contributed by atoms with Gasteiger partial charge in [0.15, 0.2) is 4.93 Å². The van der Waals surface area contributed by atoms with Gasteiger partial charge >= 0.3 is 0 Å². The molecular weight excluding hydrogens is 448 g/mol. The van der Waals surface area contributed by atoms with Gasteiger partial charge in [-0.3, -0.25) is 4.18 Å². The van der Waals surface area contributed by atoms with Gasteiger partial charge in [0.1, 0.15) is 0 Å². The van der Waals surface area contributed by atoms with E-state index in [0.29, 0.717) is 6.42 Å². The fraction of sp³-hybridized carbons (Fsp3) is 0.500. The van der Waals surface area contributed by atoms with Gasteiger partial charge in [0.05, 0.1) is 22.0 Å². The molecular formula is C24H34O6S2. The molecule has 0 N–H and O–H groups in total. The third-order valence-electron chi connectivity index (χ3n) is 5.95. The third kappa shape index (κ3) is 5.98. The molecule has 0 bridgehead atoms. The monoisotopic (exact) mass is 482 g/mol. The van der Waals surface area contributed by atoms with Crippen molar-refractivity contribution in [3.8, 4) is 0 Å². The van der Waals surface area contributed by atoms with Gasteiger partial charge in [0.2, 0.25) is 9.84 Å². The zero-order chi connectivity index (χ0) is 24.2. The van der Waals surface area contributed by atoms with Crippen molar-refractivity contribution < 1.29 is 25.8 Å². The largest absolute Gasteiger partial charge is 0.359 e. The van der Waals surface area contributed by atoms with Crippen LogP contribution in [-0.2, 0) is 28.9 Å². The van der Waals surface area contributed by atoms with E-state index in [1.807, 2.05) is 20.8 Å². The van der Waals surface area contributed by atoms with Gasteiger partial charge in [-0.25, -0.2) is 8.42 Å². The van der Waals surface area contributed by atoms with Crippen molar-refractivity contribution in [1.29, 1.82) is 0 Å². The molecule has 32 heavy (non-hydrogen) atoms. The Balaban J connectivity index is 2.15. The number of hydrogen-bond acceptors (Lipinski definition) is 6. The van der Waals surface area contributed by atoms with Crippen LogP contribution in [-0.4, -0.2) is 34.0 Å². The van der Waals surface area contributed by atoms with E-state index >= 15 is 0 Å². The van der Waals surface area contributed by atoms with Gasteiger partial charge in [-0.2, -0.15) is 8.42 Å². The number of sulfone groups is 1. The molecule has 2 aromatic rings. The maximum atomic E-state index is 13.2. The molecule has 0 aromatic heterocycles. The summed E-state index contributed by atoms with van der Waals surface area (Å²) in [6.07, 6.45) is 0.872. The standard InChI is InChI=1S/C24H34O6S2/c1-7-23(5,30-32(27,28)22-15-11-20(4)12-16-22)17-18-29-24(6,8-2)31(25,26)21-13-9-19(3)10-14-21/h9-16H,7-8,17-18H2,1-6H3. The third-order valence-corrected chi connectivity index (χ3v) is 9.86. The highest BCUT2D eigenvalue weighted by molar-refractivity contribution is 7.92. The van der Waals surface area contributed by atoms with Crippen LogP contribution in [0.5, 0.6) is 0 Å². The number of hydrogen-bond donors (Lipinski definition) is 0. The van der Waals surface area contributed by atoms with Crippen molar-refractivity contribution in [2.24, 2.45) is 0 Å². The number of benzene rings is 2. The number of rotatable bonds is 11. The summed E-state index contributed by atoms with van der Waals surface area (Å²) in [7, 11) is -7.72. The summed E-state index contributed by atoms with van der Waals surface area (Å²) in [5.41, 5.74) is 0.879. The molecule has 0 aliphatic heterocycles. The van der Waals surface area contributed by atoms with Crippen LogP contribution in [0.4, 0.5) is 0 Å². The van der Waals surface area contributed by atoms with Crippen molar-refractivity contribution >= 4 is 20.0 Å². The summed E-state index contributed by atoms with van der Waals surface area (Å²) >= 11 is 0. The lowest BCUT2D eigenvalue weighted by Crippen LogP contribution is -2.40. The Morgan fingerprint density at radius 1 is 0.750 bits per heavy atom. The van der Waals surface area contributed by atoms with Crippen molar-refractivity contribution in [1.82, 2.24) is 0 Å². The highest BCUT2D eigenvalue weighted by Crippen LogP contribution is 2.32. The molecule has 0 fully saturated rings. The lowest BCUT2D eigenvalue weighted by atomic mass is 10.0. The first-order valence-electron chi connectivity index (χ1n) is 10.8. The van der Waals surface area contributed by atoms with E-state index in [4.69, 9.17) is 8.92 Å². The van der Waals surface area contributed by atoms with Crippen molar-refractivity contribution in [3.63, 3.8) is 0 Å². The molecule has 2 atom stereocenters. The van der Waals surface area contributed by atoms with Gasteiger partial charge in [0, 0.05) is 6.42 Å². The summed E-state index contributed by atoms with van der Waals surface area (Å²) in [6.45, 7) is 10.6. The fourth-order valence-corrected chi connectivity index (χ4v) is 6.02. The number of aryl methyl sites for hydroxylation is 2. The van der Waals surface area contributed by atoms with Crippen LogP contribution in [0.1, 0.15) is 58.1 Å². The van der Waals surface area contributed by atoms with Crippen LogP contribution in [0.15, 0.2) is 58.3 Å². The Bertz CT molecular complexity index is 1110. The molecule has 6 nitrogen and oxygen atoms in total. The van der Waals surface area contributed by atoms with E-state index in [1.165, 1.54) is 12.1 Å². The average Bonchev–Trinajstić information content (AvgIpc) is 2.73. The maximum absolute atomic E-state index is 13.2. The first-order valence-corrected chi connectivity index (χ1v) is 13.7. The van der Waals surface area contributed by atoms with Gasteiger partial charge in [-0.05, 0) is 64.8 Å². The molecule has 0 saturated carbocycles. The van der Waals surface area contributed by atoms with E-state index in [1.54, 1.807) is 57.2 Å². The Hall–Kier alpha value is -1.74. The zero-order valence-corrected chi connectivity index (χ0v) is 21.3. The van der Waals surface area contributed by atoms with E-state index in [2.05, 4.69) is 0 Å². The molecule has 0 heterocycles. The minimum Gasteiger partial charge on any atom is -0.359 e. The van der Waals surface area contributed by atoms with E-state index in [-0.39, 0.29) is 29.2 Å². The summed E-state index contributed by atoms with van der Waals surface area (Å²) in [4.78, 5) is -1.15. The van der Waals surface area contributed by atoms with Crippen LogP contribution in [0, 0.1) is 13.8 Å². The minimum atomic E-state index is -3.97. The molecule has 0 saturated heterocycles. The molecule has 0 aliphatic carbocycles. The smallest absolute Gasteiger partial charge is 0.297 e. The molecule has 2 unspecified atom stereocenters. The second kappa shape index (κ2) is 10.0. The predicted octanol–water partition coefficient (Wildman–Crippen LogP) is 5.18. The van der Waals surface area contributed by atoms with Gasteiger partial charge < -0.3 is 4.74 Å². The summed E-state index contributed by atoms with van der Waals surface area (Å²) < 4.78 is 63.4. The first-order chi connectivity index (χ1) is 14.8. The second-order valence-corrected chi connectivity index (χ2v) is 12.4. The van der Waals surface area contributed by atoms with Gasteiger partial charge in [-0.1, -0.05) is 49.2 Å². The molecule has 0 spiro atoms. The molecule has 2 rings (SSSR count). The SMILES string of the molecule is CCC(C)(CCOC(C)(CC)S(=O)(=O)c1ccc(C)cc1)OS(=O)(=O)c1ccc(C)cc1. The van der Waals surface area contributed by atoms with Gasteiger partial charge in [0.25, 0.3) is 10.1 Å². The van der Waals surface area contributed by atoms with Crippen LogP contribution in [0.3, 0.4) is 0 Å². The minimum absolute atomic E-state index is 0.0309.